The standard InChI is InChI=1S/C27H29N5O2/c1-19(33)28-22-12-10-20(11-13-22)26-30-24-18-23(29-27(34)21-8-5-4-6-9-21)14-15-25(24)32(26)17-7-16-31(2)3/h4-6,8-15,18H,7,16-17H2,1-3H3,(H,28,33)(H,29,34). The molecule has 0 saturated heterocycles. The quantitative estimate of drug-likeness (QED) is 0.397. The number of carbonyl (C=O) groups excluding carboxylic acids is 2. The number of carbonyl (C=O) groups is 2. The highest BCUT2D eigenvalue weighted by Gasteiger charge is 2.14. The summed E-state index contributed by atoms with van der Waals surface area (Å²) in [5.74, 6) is 0.600. The van der Waals surface area contributed by atoms with Gasteiger partial charge in [0.05, 0.1) is 11.0 Å². The maximum absolute atomic E-state index is 12.6. The molecule has 2 amide bonds. The minimum atomic E-state index is -0.154. The average molecular weight is 456 g/mol. The van der Waals surface area contributed by atoms with Gasteiger partial charge in [0.2, 0.25) is 5.91 Å². The van der Waals surface area contributed by atoms with Crippen molar-refractivity contribution in [2.45, 2.75) is 19.9 Å². The van der Waals surface area contributed by atoms with Crippen LogP contribution in [0.2, 0.25) is 0 Å². The van der Waals surface area contributed by atoms with E-state index in [1.165, 1.54) is 6.92 Å². The lowest BCUT2D eigenvalue weighted by molar-refractivity contribution is -0.114. The smallest absolute Gasteiger partial charge is 0.255 e. The maximum Gasteiger partial charge on any atom is 0.255 e. The molecule has 0 aliphatic heterocycles. The van der Waals surface area contributed by atoms with Crippen molar-refractivity contribution in [3.8, 4) is 11.4 Å². The molecule has 0 unspecified atom stereocenters. The summed E-state index contributed by atoms with van der Waals surface area (Å²) in [7, 11) is 4.13. The number of aryl methyl sites for hydroxylation is 1. The van der Waals surface area contributed by atoms with Crippen molar-refractivity contribution in [2.24, 2.45) is 0 Å². The molecule has 7 heteroatoms. The predicted octanol–water partition coefficient (Wildman–Crippen LogP) is 4.87. The summed E-state index contributed by atoms with van der Waals surface area (Å²) in [6.45, 7) is 3.27. The second-order valence-electron chi connectivity index (χ2n) is 8.53. The van der Waals surface area contributed by atoms with Crippen molar-refractivity contribution in [2.75, 3.05) is 31.3 Å². The van der Waals surface area contributed by atoms with Crippen LogP contribution in [0.5, 0.6) is 0 Å². The minimum Gasteiger partial charge on any atom is -0.326 e. The number of imidazole rings is 1. The number of rotatable bonds is 8. The zero-order valence-corrected chi connectivity index (χ0v) is 19.7. The Morgan fingerprint density at radius 1 is 0.912 bits per heavy atom. The van der Waals surface area contributed by atoms with Gasteiger partial charge in [-0.15, -0.1) is 0 Å². The summed E-state index contributed by atoms with van der Waals surface area (Å²) in [6, 6.07) is 22.7. The lowest BCUT2D eigenvalue weighted by atomic mass is 10.2. The van der Waals surface area contributed by atoms with Gasteiger partial charge in [0.15, 0.2) is 0 Å². The number of aromatic nitrogens is 2. The first kappa shape index (κ1) is 23.2. The molecule has 0 aliphatic carbocycles. The third kappa shape index (κ3) is 5.50. The Labute approximate surface area is 199 Å². The van der Waals surface area contributed by atoms with E-state index in [4.69, 9.17) is 4.98 Å². The van der Waals surface area contributed by atoms with Crippen molar-refractivity contribution in [3.05, 3.63) is 78.4 Å². The lowest BCUT2D eigenvalue weighted by Crippen LogP contribution is -2.15. The fourth-order valence-corrected chi connectivity index (χ4v) is 3.90. The number of anilines is 2. The molecule has 0 fully saturated rings. The number of nitrogens with zero attached hydrogens (tertiary/aromatic N) is 3. The van der Waals surface area contributed by atoms with Gasteiger partial charge in [0.25, 0.3) is 5.91 Å². The maximum atomic E-state index is 12.6. The fraction of sp³-hybridized carbons (Fsp3) is 0.222. The van der Waals surface area contributed by atoms with Crippen molar-refractivity contribution in [1.82, 2.24) is 14.5 Å². The van der Waals surface area contributed by atoms with Gasteiger partial charge in [-0.05, 0) is 81.7 Å². The Bertz CT molecular complexity index is 1290. The van der Waals surface area contributed by atoms with E-state index < -0.39 is 0 Å². The number of benzene rings is 3. The molecule has 1 heterocycles. The molecular formula is C27H29N5O2. The summed E-state index contributed by atoms with van der Waals surface area (Å²) >= 11 is 0. The highest BCUT2D eigenvalue weighted by Crippen LogP contribution is 2.28. The number of fused-ring (bicyclic) bond motifs is 1. The van der Waals surface area contributed by atoms with Crippen molar-refractivity contribution in [3.63, 3.8) is 0 Å². The fourth-order valence-electron chi connectivity index (χ4n) is 3.90. The summed E-state index contributed by atoms with van der Waals surface area (Å²) in [6.07, 6.45) is 0.974. The third-order valence-corrected chi connectivity index (χ3v) is 5.49. The van der Waals surface area contributed by atoms with Crippen LogP contribution in [-0.4, -0.2) is 46.9 Å². The van der Waals surface area contributed by atoms with Crippen LogP contribution in [0.3, 0.4) is 0 Å². The SMILES string of the molecule is CC(=O)Nc1ccc(-c2nc3cc(NC(=O)c4ccccc4)ccc3n2CCCN(C)C)cc1. The molecule has 2 N–H and O–H groups in total. The van der Waals surface area contributed by atoms with Crippen molar-refractivity contribution < 1.29 is 9.59 Å². The Hall–Kier alpha value is -3.97. The van der Waals surface area contributed by atoms with Crippen LogP contribution in [0.15, 0.2) is 72.8 Å². The highest BCUT2D eigenvalue weighted by molar-refractivity contribution is 6.05. The minimum absolute atomic E-state index is 0.103. The first-order valence-corrected chi connectivity index (χ1v) is 11.3. The van der Waals surface area contributed by atoms with Gasteiger partial charge in [-0.25, -0.2) is 4.98 Å². The molecule has 0 saturated carbocycles. The second-order valence-corrected chi connectivity index (χ2v) is 8.53. The molecule has 0 bridgehead atoms. The van der Waals surface area contributed by atoms with Crippen LogP contribution in [0, 0.1) is 0 Å². The van der Waals surface area contributed by atoms with Crippen LogP contribution in [0.25, 0.3) is 22.4 Å². The zero-order chi connectivity index (χ0) is 24.1. The van der Waals surface area contributed by atoms with Gasteiger partial charge in [-0.3, -0.25) is 9.59 Å². The third-order valence-electron chi connectivity index (χ3n) is 5.49. The molecule has 4 rings (SSSR count). The van der Waals surface area contributed by atoms with Gasteiger partial charge in [0.1, 0.15) is 5.82 Å². The Morgan fingerprint density at radius 2 is 1.62 bits per heavy atom. The van der Waals surface area contributed by atoms with Gasteiger partial charge < -0.3 is 20.1 Å². The highest BCUT2D eigenvalue weighted by atomic mass is 16.2. The van der Waals surface area contributed by atoms with E-state index in [1.807, 2.05) is 60.7 Å². The van der Waals surface area contributed by atoms with Crippen molar-refractivity contribution in [1.29, 1.82) is 0 Å². The molecule has 174 valence electrons. The Kier molecular flexibility index (Phi) is 7.04. The van der Waals surface area contributed by atoms with E-state index in [0.29, 0.717) is 11.3 Å². The van der Waals surface area contributed by atoms with Gasteiger partial charge in [-0.1, -0.05) is 18.2 Å². The summed E-state index contributed by atoms with van der Waals surface area (Å²) in [4.78, 5) is 31.0. The van der Waals surface area contributed by atoms with E-state index in [0.717, 1.165) is 47.6 Å². The van der Waals surface area contributed by atoms with Crippen LogP contribution in [-0.2, 0) is 11.3 Å². The van der Waals surface area contributed by atoms with Crippen LogP contribution in [0.1, 0.15) is 23.7 Å². The summed E-state index contributed by atoms with van der Waals surface area (Å²) in [5.41, 5.74) is 4.85. The number of nitrogens with one attached hydrogen (secondary N) is 2. The van der Waals surface area contributed by atoms with E-state index in [9.17, 15) is 9.59 Å². The molecule has 1 aromatic heterocycles. The first-order chi connectivity index (χ1) is 16.4. The van der Waals surface area contributed by atoms with E-state index in [-0.39, 0.29) is 11.8 Å². The predicted molar refractivity (Wildman–Crippen MR) is 137 cm³/mol. The van der Waals surface area contributed by atoms with Crippen LogP contribution >= 0.6 is 0 Å². The van der Waals surface area contributed by atoms with Gasteiger partial charge in [0, 0.05) is 36.0 Å². The molecule has 0 atom stereocenters. The largest absolute Gasteiger partial charge is 0.326 e. The topological polar surface area (TPSA) is 79.3 Å². The van der Waals surface area contributed by atoms with Crippen LogP contribution < -0.4 is 10.6 Å². The molecule has 0 aliphatic rings. The molecule has 0 spiro atoms. The zero-order valence-electron chi connectivity index (χ0n) is 19.7. The Balaban J connectivity index is 1.67. The first-order valence-electron chi connectivity index (χ1n) is 11.3. The monoisotopic (exact) mass is 455 g/mol. The number of hydrogen-bond acceptors (Lipinski definition) is 4. The summed E-state index contributed by atoms with van der Waals surface area (Å²) in [5, 5.41) is 5.77. The van der Waals surface area contributed by atoms with Gasteiger partial charge in [-0.2, -0.15) is 0 Å². The Morgan fingerprint density at radius 3 is 2.29 bits per heavy atom. The molecule has 0 radical (unpaired) electrons. The number of amides is 2. The van der Waals surface area contributed by atoms with E-state index in [1.54, 1.807) is 12.1 Å². The lowest BCUT2D eigenvalue weighted by Gasteiger charge is -2.13. The van der Waals surface area contributed by atoms with Crippen LogP contribution in [0.4, 0.5) is 11.4 Å². The normalized spacial score (nSPS) is 11.1. The number of hydrogen-bond donors (Lipinski definition) is 2. The molecular weight excluding hydrogens is 426 g/mol. The molecule has 4 aromatic rings. The molecule has 34 heavy (non-hydrogen) atoms. The summed E-state index contributed by atoms with van der Waals surface area (Å²) < 4.78 is 2.22. The second kappa shape index (κ2) is 10.3. The van der Waals surface area contributed by atoms with Gasteiger partial charge >= 0.3 is 0 Å². The van der Waals surface area contributed by atoms with Crippen molar-refractivity contribution >= 4 is 34.2 Å². The molecule has 3 aromatic carbocycles. The van der Waals surface area contributed by atoms with E-state index >= 15 is 0 Å². The molecule has 7 nitrogen and oxygen atoms in total. The average Bonchev–Trinajstić information content (AvgIpc) is 3.17. The van der Waals surface area contributed by atoms with E-state index in [2.05, 4.69) is 34.2 Å².